The number of para-hydroxylation sites is 1. The van der Waals surface area contributed by atoms with Crippen LogP contribution < -0.4 is 10.6 Å². The third kappa shape index (κ3) is 3.61. The van der Waals surface area contributed by atoms with Crippen LogP contribution in [-0.4, -0.2) is 29.6 Å². The molecule has 0 aromatic heterocycles. The summed E-state index contributed by atoms with van der Waals surface area (Å²) in [5, 5.41) is 15.5. The number of hydrogen-bond acceptors (Lipinski definition) is 3. The Kier molecular flexibility index (Phi) is 4.32. The summed E-state index contributed by atoms with van der Waals surface area (Å²) in [6, 6.07) is 7.30. The van der Waals surface area contributed by atoms with Crippen molar-refractivity contribution in [2.45, 2.75) is 39.2 Å². The Bertz CT molecular complexity index is 549. The maximum absolute atomic E-state index is 12.3. The molecular formula is C16H22N2O3. The van der Waals surface area contributed by atoms with Crippen molar-refractivity contribution in [2.24, 2.45) is 5.41 Å². The molecule has 2 rings (SSSR count). The van der Waals surface area contributed by atoms with Gasteiger partial charge in [0.15, 0.2) is 0 Å². The minimum absolute atomic E-state index is 0.133. The summed E-state index contributed by atoms with van der Waals surface area (Å²) >= 11 is 0. The van der Waals surface area contributed by atoms with Gasteiger partial charge < -0.3 is 15.7 Å². The summed E-state index contributed by atoms with van der Waals surface area (Å²) in [6.45, 7) is 5.91. The average Bonchev–Trinajstić information content (AvgIpc) is 2.42. The van der Waals surface area contributed by atoms with Crippen molar-refractivity contribution in [3.63, 3.8) is 0 Å². The Labute approximate surface area is 124 Å². The molecule has 2 atom stereocenters. The van der Waals surface area contributed by atoms with E-state index >= 15 is 0 Å². The Morgan fingerprint density at radius 2 is 2.10 bits per heavy atom. The zero-order chi connectivity index (χ0) is 15.6. The van der Waals surface area contributed by atoms with Gasteiger partial charge in [-0.15, -0.1) is 0 Å². The lowest BCUT2D eigenvalue weighted by molar-refractivity contribution is -0.126. The van der Waals surface area contributed by atoms with Crippen molar-refractivity contribution in [3.05, 3.63) is 29.8 Å². The van der Waals surface area contributed by atoms with Gasteiger partial charge in [-0.05, 0) is 17.0 Å². The highest BCUT2D eigenvalue weighted by atomic mass is 16.3. The first kappa shape index (κ1) is 15.5. The SMILES string of the molecule is CC(C)(C)C(O)CNC(=O)C1CC(=O)Nc2ccccc21. The first-order valence-corrected chi connectivity index (χ1v) is 7.13. The maximum atomic E-state index is 12.3. The Balaban J connectivity index is 2.08. The van der Waals surface area contributed by atoms with E-state index in [-0.39, 0.29) is 30.2 Å². The minimum atomic E-state index is -0.630. The first-order valence-electron chi connectivity index (χ1n) is 7.13. The number of rotatable bonds is 3. The predicted molar refractivity (Wildman–Crippen MR) is 80.9 cm³/mol. The number of anilines is 1. The maximum Gasteiger partial charge on any atom is 0.228 e. The number of amides is 2. The molecule has 0 bridgehead atoms. The van der Waals surface area contributed by atoms with Crippen LogP contribution in [0.4, 0.5) is 5.69 Å². The highest BCUT2D eigenvalue weighted by Gasteiger charge is 2.31. The molecule has 5 nitrogen and oxygen atoms in total. The van der Waals surface area contributed by atoms with Gasteiger partial charge in [0.2, 0.25) is 11.8 Å². The summed E-state index contributed by atoms with van der Waals surface area (Å²) in [4.78, 5) is 24.0. The van der Waals surface area contributed by atoms with Gasteiger partial charge in [0.25, 0.3) is 0 Å². The van der Waals surface area contributed by atoms with Crippen LogP contribution in [0.3, 0.4) is 0 Å². The zero-order valence-corrected chi connectivity index (χ0v) is 12.6. The van der Waals surface area contributed by atoms with Crippen LogP contribution in [0, 0.1) is 5.41 Å². The van der Waals surface area contributed by atoms with Crippen molar-refractivity contribution < 1.29 is 14.7 Å². The van der Waals surface area contributed by atoms with Gasteiger partial charge >= 0.3 is 0 Å². The van der Waals surface area contributed by atoms with E-state index < -0.39 is 12.0 Å². The summed E-state index contributed by atoms with van der Waals surface area (Å²) in [6.07, 6.45) is -0.497. The van der Waals surface area contributed by atoms with Gasteiger partial charge in [0, 0.05) is 18.7 Å². The van der Waals surface area contributed by atoms with Crippen molar-refractivity contribution in [1.82, 2.24) is 5.32 Å². The topological polar surface area (TPSA) is 78.4 Å². The van der Waals surface area contributed by atoms with Gasteiger partial charge in [0.1, 0.15) is 0 Å². The number of benzene rings is 1. The largest absolute Gasteiger partial charge is 0.391 e. The summed E-state index contributed by atoms with van der Waals surface area (Å²) in [7, 11) is 0. The molecule has 1 aromatic carbocycles. The molecule has 0 saturated carbocycles. The molecule has 1 heterocycles. The van der Waals surface area contributed by atoms with E-state index in [1.165, 1.54) is 0 Å². The van der Waals surface area contributed by atoms with Crippen LogP contribution in [0.5, 0.6) is 0 Å². The number of hydrogen-bond donors (Lipinski definition) is 3. The fourth-order valence-electron chi connectivity index (χ4n) is 2.27. The van der Waals surface area contributed by atoms with Crippen LogP contribution in [-0.2, 0) is 9.59 Å². The molecule has 0 radical (unpaired) electrons. The van der Waals surface area contributed by atoms with E-state index in [1.54, 1.807) is 6.07 Å². The van der Waals surface area contributed by atoms with Crippen molar-refractivity contribution in [3.8, 4) is 0 Å². The van der Waals surface area contributed by atoms with Crippen LogP contribution >= 0.6 is 0 Å². The molecule has 0 fully saturated rings. The van der Waals surface area contributed by atoms with Crippen LogP contribution in [0.25, 0.3) is 0 Å². The average molecular weight is 290 g/mol. The second-order valence-corrected chi connectivity index (χ2v) is 6.52. The normalized spacial score (nSPS) is 19.4. The molecule has 0 saturated heterocycles. The Morgan fingerprint density at radius 1 is 1.43 bits per heavy atom. The molecule has 5 heteroatoms. The summed E-state index contributed by atoms with van der Waals surface area (Å²) in [5.74, 6) is -0.882. The van der Waals surface area contributed by atoms with Crippen LogP contribution in [0.1, 0.15) is 38.7 Å². The monoisotopic (exact) mass is 290 g/mol. The number of aliphatic hydroxyl groups excluding tert-OH is 1. The van der Waals surface area contributed by atoms with Gasteiger partial charge in [-0.25, -0.2) is 0 Å². The lowest BCUT2D eigenvalue weighted by Crippen LogP contribution is -2.42. The van der Waals surface area contributed by atoms with Gasteiger partial charge in [-0.3, -0.25) is 9.59 Å². The van der Waals surface area contributed by atoms with E-state index in [0.29, 0.717) is 5.69 Å². The molecule has 1 aliphatic heterocycles. The summed E-state index contributed by atoms with van der Waals surface area (Å²) < 4.78 is 0. The third-order valence-electron chi connectivity index (χ3n) is 3.79. The molecule has 21 heavy (non-hydrogen) atoms. The highest BCUT2D eigenvalue weighted by molar-refractivity contribution is 6.01. The number of aliphatic hydroxyl groups is 1. The lowest BCUT2D eigenvalue weighted by Gasteiger charge is -2.28. The second-order valence-electron chi connectivity index (χ2n) is 6.52. The van der Waals surface area contributed by atoms with E-state index in [4.69, 9.17) is 0 Å². The Morgan fingerprint density at radius 3 is 2.76 bits per heavy atom. The number of carbonyl (C=O) groups excluding carboxylic acids is 2. The standard InChI is InChI=1S/C16H22N2O3/c1-16(2,3)13(19)9-17-15(21)11-8-14(20)18-12-7-5-4-6-10(11)12/h4-7,11,13,19H,8-9H2,1-3H3,(H,17,21)(H,18,20). The number of nitrogens with one attached hydrogen (secondary N) is 2. The fourth-order valence-corrected chi connectivity index (χ4v) is 2.27. The zero-order valence-electron chi connectivity index (χ0n) is 12.6. The molecule has 3 N–H and O–H groups in total. The van der Waals surface area contributed by atoms with Crippen molar-refractivity contribution in [2.75, 3.05) is 11.9 Å². The number of fused-ring (bicyclic) bond motifs is 1. The molecular weight excluding hydrogens is 268 g/mol. The van der Waals surface area contributed by atoms with E-state index in [9.17, 15) is 14.7 Å². The molecule has 2 unspecified atom stereocenters. The predicted octanol–water partition coefficient (Wildman–Crippen LogP) is 1.64. The van der Waals surface area contributed by atoms with E-state index in [1.807, 2.05) is 39.0 Å². The van der Waals surface area contributed by atoms with E-state index in [2.05, 4.69) is 10.6 Å². The third-order valence-corrected chi connectivity index (χ3v) is 3.79. The van der Waals surface area contributed by atoms with Gasteiger partial charge in [-0.2, -0.15) is 0 Å². The van der Waals surface area contributed by atoms with Crippen molar-refractivity contribution >= 4 is 17.5 Å². The lowest BCUT2D eigenvalue weighted by atomic mass is 9.88. The van der Waals surface area contributed by atoms with Crippen LogP contribution in [0.2, 0.25) is 0 Å². The summed E-state index contributed by atoms with van der Waals surface area (Å²) in [5.41, 5.74) is 1.21. The van der Waals surface area contributed by atoms with Crippen molar-refractivity contribution in [1.29, 1.82) is 0 Å². The van der Waals surface area contributed by atoms with Gasteiger partial charge in [-0.1, -0.05) is 39.0 Å². The fraction of sp³-hybridized carbons (Fsp3) is 0.500. The molecule has 0 aliphatic carbocycles. The minimum Gasteiger partial charge on any atom is -0.391 e. The van der Waals surface area contributed by atoms with E-state index in [0.717, 1.165) is 5.56 Å². The Hall–Kier alpha value is -1.88. The quantitative estimate of drug-likeness (QED) is 0.792. The molecule has 1 aliphatic rings. The molecule has 114 valence electrons. The van der Waals surface area contributed by atoms with Crippen LogP contribution in [0.15, 0.2) is 24.3 Å². The smallest absolute Gasteiger partial charge is 0.228 e. The first-order chi connectivity index (χ1) is 9.79. The highest BCUT2D eigenvalue weighted by Crippen LogP contribution is 2.32. The number of carbonyl (C=O) groups is 2. The van der Waals surface area contributed by atoms with Gasteiger partial charge in [0.05, 0.1) is 12.0 Å². The second kappa shape index (κ2) is 5.85. The molecule has 1 aromatic rings. The molecule has 2 amide bonds. The molecule has 0 spiro atoms.